The van der Waals surface area contributed by atoms with Gasteiger partial charge >= 0.3 is 0 Å². The molecule has 106 valence electrons. The van der Waals surface area contributed by atoms with Gasteiger partial charge in [-0.15, -0.1) is 11.3 Å². The zero-order valence-electron chi connectivity index (χ0n) is 11.8. The largest absolute Gasteiger partial charge is 0.497 e. The molecule has 2 aromatic rings. The quantitative estimate of drug-likeness (QED) is 0.850. The Morgan fingerprint density at radius 3 is 2.65 bits per heavy atom. The first-order chi connectivity index (χ1) is 9.65. The summed E-state index contributed by atoms with van der Waals surface area (Å²) in [6.45, 7) is 0.490. The molecule has 0 aliphatic rings. The Bertz CT molecular complexity index is 581. The summed E-state index contributed by atoms with van der Waals surface area (Å²) >= 11 is 1.44. The first-order valence-electron chi connectivity index (χ1n) is 6.15. The van der Waals surface area contributed by atoms with E-state index in [1.165, 1.54) is 11.3 Å². The molecule has 0 aliphatic heterocycles. The average molecular weight is 291 g/mol. The summed E-state index contributed by atoms with van der Waals surface area (Å²) in [7, 11) is 5.01. The molecule has 0 unspecified atom stereocenters. The molecule has 2 rings (SSSR count). The monoisotopic (exact) mass is 291 g/mol. The molecule has 0 atom stereocenters. The van der Waals surface area contributed by atoms with E-state index in [0.29, 0.717) is 6.54 Å². The second-order valence-electron chi connectivity index (χ2n) is 4.32. The molecule has 0 N–H and O–H groups in total. The zero-order valence-corrected chi connectivity index (χ0v) is 12.6. The van der Waals surface area contributed by atoms with Gasteiger partial charge in [0.05, 0.1) is 19.1 Å². The van der Waals surface area contributed by atoms with E-state index >= 15 is 0 Å². The topological polar surface area (TPSA) is 38.8 Å². The first kappa shape index (κ1) is 14.4. The molecule has 1 heterocycles. The molecule has 0 aliphatic carbocycles. The highest BCUT2D eigenvalue weighted by molar-refractivity contribution is 7.12. The zero-order chi connectivity index (χ0) is 14.5. The SMILES string of the molecule is COc1ccc(CN(C)C(=O)c2cccs2)c(OC)c1. The van der Waals surface area contributed by atoms with Gasteiger partial charge in [-0.2, -0.15) is 0 Å². The molecule has 0 saturated carbocycles. The second-order valence-corrected chi connectivity index (χ2v) is 5.26. The summed E-state index contributed by atoms with van der Waals surface area (Å²) in [5.74, 6) is 1.46. The molecule has 0 spiro atoms. The summed E-state index contributed by atoms with van der Waals surface area (Å²) < 4.78 is 10.5. The number of methoxy groups -OCH3 is 2. The van der Waals surface area contributed by atoms with Crippen molar-refractivity contribution in [2.24, 2.45) is 0 Å². The molecule has 1 aromatic heterocycles. The van der Waals surface area contributed by atoms with E-state index < -0.39 is 0 Å². The van der Waals surface area contributed by atoms with Crippen LogP contribution in [0.3, 0.4) is 0 Å². The van der Waals surface area contributed by atoms with Crippen LogP contribution in [0.15, 0.2) is 35.7 Å². The predicted molar refractivity (Wildman–Crippen MR) is 79.7 cm³/mol. The highest BCUT2D eigenvalue weighted by Crippen LogP contribution is 2.26. The molecule has 1 aromatic carbocycles. The fourth-order valence-electron chi connectivity index (χ4n) is 1.90. The van der Waals surface area contributed by atoms with E-state index in [1.54, 1.807) is 26.2 Å². The van der Waals surface area contributed by atoms with Crippen molar-refractivity contribution in [1.82, 2.24) is 4.90 Å². The molecular formula is C15H17NO3S. The minimum atomic E-state index is 0.0119. The van der Waals surface area contributed by atoms with Gasteiger partial charge in [-0.25, -0.2) is 0 Å². The Labute approximate surface area is 122 Å². The lowest BCUT2D eigenvalue weighted by Crippen LogP contribution is -2.25. The summed E-state index contributed by atoms with van der Waals surface area (Å²) in [6, 6.07) is 9.30. The molecule has 0 bridgehead atoms. The molecule has 20 heavy (non-hydrogen) atoms. The Balaban J connectivity index is 2.15. The van der Waals surface area contributed by atoms with Crippen molar-refractivity contribution in [3.63, 3.8) is 0 Å². The molecule has 0 fully saturated rings. The van der Waals surface area contributed by atoms with Gasteiger partial charge in [0.15, 0.2) is 0 Å². The Hall–Kier alpha value is -2.01. The molecule has 5 heteroatoms. The smallest absolute Gasteiger partial charge is 0.263 e. The minimum Gasteiger partial charge on any atom is -0.497 e. The van der Waals surface area contributed by atoms with E-state index in [0.717, 1.165) is 21.9 Å². The number of carbonyl (C=O) groups excluding carboxylic acids is 1. The number of rotatable bonds is 5. The van der Waals surface area contributed by atoms with E-state index in [-0.39, 0.29) is 5.91 Å². The highest BCUT2D eigenvalue weighted by Gasteiger charge is 2.15. The number of hydrogen-bond donors (Lipinski definition) is 0. The normalized spacial score (nSPS) is 10.2. The van der Waals surface area contributed by atoms with Gasteiger partial charge in [-0.1, -0.05) is 6.07 Å². The number of benzene rings is 1. The van der Waals surface area contributed by atoms with Crippen molar-refractivity contribution in [1.29, 1.82) is 0 Å². The fourth-order valence-corrected chi connectivity index (χ4v) is 2.62. The van der Waals surface area contributed by atoms with E-state index in [2.05, 4.69) is 0 Å². The third kappa shape index (κ3) is 3.11. The number of amides is 1. The van der Waals surface area contributed by atoms with E-state index in [1.807, 2.05) is 35.7 Å². The van der Waals surface area contributed by atoms with Crippen molar-refractivity contribution < 1.29 is 14.3 Å². The van der Waals surface area contributed by atoms with Crippen molar-refractivity contribution in [3.8, 4) is 11.5 Å². The number of thiophene rings is 1. The van der Waals surface area contributed by atoms with Crippen molar-refractivity contribution in [2.45, 2.75) is 6.54 Å². The van der Waals surface area contributed by atoms with Crippen LogP contribution in [0.2, 0.25) is 0 Å². The van der Waals surface area contributed by atoms with Crippen LogP contribution >= 0.6 is 11.3 Å². The number of carbonyl (C=O) groups is 1. The number of ether oxygens (including phenoxy) is 2. The van der Waals surface area contributed by atoms with Gasteiger partial charge < -0.3 is 14.4 Å². The summed E-state index contributed by atoms with van der Waals surface area (Å²) in [5.41, 5.74) is 0.945. The standard InChI is InChI=1S/C15H17NO3S/c1-16(15(17)14-5-4-8-20-14)10-11-6-7-12(18-2)9-13(11)19-3/h4-9H,10H2,1-3H3. The van der Waals surface area contributed by atoms with Gasteiger partial charge in [0.2, 0.25) is 0 Å². The van der Waals surface area contributed by atoms with E-state index in [4.69, 9.17) is 9.47 Å². The third-order valence-electron chi connectivity index (χ3n) is 2.98. The molecule has 4 nitrogen and oxygen atoms in total. The highest BCUT2D eigenvalue weighted by atomic mass is 32.1. The second kappa shape index (κ2) is 6.43. The number of nitrogens with zero attached hydrogens (tertiary/aromatic N) is 1. The third-order valence-corrected chi connectivity index (χ3v) is 3.84. The van der Waals surface area contributed by atoms with Gasteiger partial charge in [-0.3, -0.25) is 4.79 Å². The maximum Gasteiger partial charge on any atom is 0.263 e. The summed E-state index contributed by atoms with van der Waals surface area (Å²) in [6.07, 6.45) is 0. The Morgan fingerprint density at radius 1 is 1.25 bits per heavy atom. The van der Waals surface area contributed by atoms with Crippen molar-refractivity contribution >= 4 is 17.2 Å². The molecule has 0 saturated heterocycles. The van der Waals surface area contributed by atoms with Crippen LogP contribution in [0, 0.1) is 0 Å². The van der Waals surface area contributed by atoms with Crippen LogP contribution in [0.5, 0.6) is 11.5 Å². The van der Waals surface area contributed by atoms with Crippen LogP contribution in [-0.2, 0) is 6.54 Å². The van der Waals surface area contributed by atoms with Gasteiger partial charge in [-0.05, 0) is 23.6 Å². The minimum absolute atomic E-state index is 0.0119. The van der Waals surface area contributed by atoms with Crippen LogP contribution in [0.4, 0.5) is 0 Å². The van der Waals surface area contributed by atoms with Crippen LogP contribution in [-0.4, -0.2) is 32.1 Å². The average Bonchev–Trinajstić information content (AvgIpc) is 3.00. The van der Waals surface area contributed by atoms with Gasteiger partial charge in [0.25, 0.3) is 5.91 Å². The fraction of sp³-hybridized carbons (Fsp3) is 0.267. The Kier molecular flexibility index (Phi) is 4.63. The molecular weight excluding hydrogens is 274 g/mol. The lowest BCUT2D eigenvalue weighted by Gasteiger charge is -2.18. The van der Waals surface area contributed by atoms with Crippen LogP contribution in [0.25, 0.3) is 0 Å². The van der Waals surface area contributed by atoms with E-state index in [9.17, 15) is 4.79 Å². The maximum atomic E-state index is 12.2. The lowest BCUT2D eigenvalue weighted by molar-refractivity contribution is 0.0789. The molecule has 1 amide bonds. The summed E-state index contributed by atoms with van der Waals surface area (Å²) in [5, 5.41) is 1.90. The number of hydrogen-bond acceptors (Lipinski definition) is 4. The first-order valence-corrected chi connectivity index (χ1v) is 7.03. The van der Waals surface area contributed by atoms with Crippen molar-refractivity contribution in [2.75, 3.05) is 21.3 Å². The van der Waals surface area contributed by atoms with Crippen LogP contribution in [0.1, 0.15) is 15.2 Å². The predicted octanol–water partition coefficient (Wildman–Crippen LogP) is 3.04. The summed E-state index contributed by atoms with van der Waals surface area (Å²) in [4.78, 5) is 14.6. The van der Waals surface area contributed by atoms with Crippen molar-refractivity contribution in [3.05, 3.63) is 46.2 Å². The molecule has 0 radical (unpaired) electrons. The van der Waals surface area contributed by atoms with Gasteiger partial charge in [0.1, 0.15) is 11.5 Å². The Morgan fingerprint density at radius 2 is 2.05 bits per heavy atom. The van der Waals surface area contributed by atoms with Gasteiger partial charge in [0, 0.05) is 25.2 Å². The van der Waals surface area contributed by atoms with Crippen LogP contribution < -0.4 is 9.47 Å². The maximum absolute atomic E-state index is 12.2. The lowest BCUT2D eigenvalue weighted by atomic mass is 10.1.